The molecule has 0 radical (unpaired) electrons. The molecule has 9 N–H and O–H groups in total. The molecule has 3 unspecified atom stereocenters. The summed E-state index contributed by atoms with van der Waals surface area (Å²) in [6, 6.07) is 3.08. The number of carbonyl (C=O) groups excluding carboxylic acids is 3. The molecule has 3 atom stereocenters. The summed E-state index contributed by atoms with van der Waals surface area (Å²) in [5.74, 6) is -2.20. The molecule has 190 valence electrons. The zero-order chi connectivity index (χ0) is 25.5. The van der Waals surface area contributed by atoms with Crippen LogP contribution in [0.15, 0.2) is 24.3 Å². The van der Waals surface area contributed by atoms with E-state index in [4.69, 9.17) is 11.5 Å². The third-order valence-electron chi connectivity index (χ3n) is 4.98. The van der Waals surface area contributed by atoms with Crippen molar-refractivity contribution in [3.8, 4) is 5.75 Å². The average Bonchev–Trinajstić information content (AvgIpc) is 2.81. The van der Waals surface area contributed by atoms with Gasteiger partial charge in [-0.1, -0.05) is 12.1 Å². The fraction of sp³-hybridized carbons (Fsp3) is 0.545. The maximum Gasteiger partial charge on any atom is 0.326 e. The summed E-state index contributed by atoms with van der Waals surface area (Å²) in [6.07, 6.45) is 3.94. The maximum absolute atomic E-state index is 12.6. The summed E-state index contributed by atoms with van der Waals surface area (Å²) in [6.45, 7) is -0.0183. The van der Waals surface area contributed by atoms with Gasteiger partial charge in [0.2, 0.25) is 17.7 Å². The van der Waals surface area contributed by atoms with Crippen LogP contribution in [0.4, 0.5) is 0 Å². The van der Waals surface area contributed by atoms with Crippen molar-refractivity contribution in [2.24, 2.45) is 11.5 Å². The van der Waals surface area contributed by atoms with Crippen molar-refractivity contribution in [1.29, 1.82) is 0 Å². The van der Waals surface area contributed by atoms with E-state index in [0.29, 0.717) is 43.5 Å². The van der Waals surface area contributed by atoms with Crippen LogP contribution in [0.2, 0.25) is 0 Å². The highest BCUT2D eigenvalue weighted by molar-refractivity contribution is 7.98. The largest absolute Gasteiger partial charge is 0.508 e. The van der Waals surface area contributed by atoms with E-state index < -0.39 is 48.4 Å². The summed E-state index contributed by atoms with van der Waals surface area (Å²) >= 11 is 1.56. The predicted octanol–water partition coefficient (Wildman–Crippen LogP) is -0.685. The monoisotopic (exact) mass is 497 g/mol. The third-order valence-corrected chi connectivity index (χ3v) is 5.63. The number of hydrogen-bond acceptors (Lipinski definition) is 8. The van der Waals surface area contributed by atoms with Gasteiger partial charge in [0.25, 0.3) is 0 Å². The van der Waals surface area contributed by atoms with Gasteiger partial charge >= 0.3 is 5.97 Å². The first kappa shape index (κ1) is 29.2. The highest BCUT2D eigenvalue weighted by atomic mass is 32.2. The lowest BCUT2D eigenvalue weighted by atomic mass is 10.1. The second-order valence-corrected chi connectivity index (χ2v) is 8.77. The zero-order valence-corrected chi connectivity index (χ0v) is 20.1. The number of aliphatic carboxylic acids is 1. The van der Waals surface area contributed by atoms with Crippen molar-refractivity contribution >= 4 is 35.5 Å². The number of thioether (sulfide) groups is 1. The SMILES string of the molecule is CSCCC(N)C(=O)NC(CCCCN)C(=O)NCC(=O)NC(Cc1ccc(O)cc1)C(=O)O. The lowest BCUT2D eigenvalue weighted by Gasteiger charge is -2.21. The highest BCUT2D eigenvalue weighted by Crippen LogP contribution is 2.11. The summed E-state index contributed by atoms with van der Waals surface area (Å²) in [5, 5.41) is 26.2. The number of phenolic OH excluding ortho intramolecular Hbond substituents is 1. The Labute approximate surface area is 203 Å². The van der Waals surface area contributed by atoms with Crippen LogP contribution in [-0.4, -0.2) is 77.1 Å². The molecule has 11 nitrogen and oxygen atoms in total. The van der Waals surface area contributed by atoms with Gasteiger partial charge in [-0.2, -0.15) is 11.8 Å². The lowest BCUT2D eigenvalue weighted by molar-refractivity contribution is -0.141. The number of carboxylic acids is 1. The van der Waals surface area contributed by atoms with E-state index in [0.717, 1.165) is 0 Å². The molecule has 0 fully saturated rings. The van der Waals surface area contributed by atoms with Crippen molar-refractivity contribution in [3.05, 3.63) is 29.8 Å². The smallest absolute Gasteiger partial charge is 0.326 e. The fourth-order valence-corrected chi connectivity index (χ4v) is 3.51. The number of aromatic hydroxyl groups is 1. The number of carbonyl (C=O) groups is 4. The third kappa shape index (κ3) is 11.3. The highest BCUT2D eigenvalue weighted by Gasteiger charge is 2.25. The lowest BCUT2D eigenvalue weighted by Crippen LogP contribution is -2.53. The molecule has 0 saturated heterocycles. The van der Waals surface area contributed by atoms with Gasteiger partial charge in [0.1, 0.15) is 17.8 Å². The van der Waals surface area contributed by atoms with Crippen LogP contribution >= 0.6 is 11.8 Å². The average molecular weight is 498 g/mol. The zero-order valence-electron chi connectivity index (χ0n) is 19.3. The molecule has 3 amide bonds. The van der Waals surface area contributed by atoms with E-state index in [1.54, 1.807) is 23.9 Å². The van der Waals surface area contributed by atoms with Crippen molar-refractivity contribution < 1.29 is 29.4 Å². The number of carboxylic acid groups (broad SMARTS) is 1. The minimum atomic E-state index is -1.24. The Morgan fingerprint density at radius 3 is 2.26 bits per heavy atom. The topological polar surface area (TPSA) is 197 Å². The molecule has 0 spiro atoms. The Morgan fingerprint density at radius 2 is 1.68 bits per heavy atom. The van der Waals surface area contributed by atoms with Crippen LogP contribution in [0.25, 0.3) is 0 Å². The van der Waals surface area contributed by atoms with Crippen LogP contribution in [-0.2, 0) is 25.6 Å². The molecule has 1 rings (SSSR count). The summed E-state index contributed by atoms with van der Waals surface area (Å²) in [7, 11) is 0. The Balaban J connectivity index is 2.66. The Bertz CT molecular complexity index is 807. The number of amides is 3. The van der Waals surface area contributed by atoms with Crippen LogP contribution in [0.3, 0.4) is 0 Å². The van der Waals surface area contributed by atoms with Crippen LogP contribution in [0.1, 0.15) is 31.2 Å². The van der Waals surface area contributed by atoms with Gasteiger partial charge in [-0.25, -0.2) is 4.79 Å². The molecule has 1 aromatic carbocycles. The number of phenols is 1. The Hall–Kier alpha value is -2.83. The molecule has 0 bridgehead atoms. The first-order valence-electron chi connectivity index (χ1n) is 11.0. The summed E-state index contributed by atoms with van der Waals surface area (Å²) < 4.78 is 0. The van der Waals surface area contributed by atoms with Crippen molar-refractivity contribution in [2.45, 2.75) is 50.2 Å². The Morgan fingerprint density at radius 1 is 1.00 bits per heavy atom. The quantitative estimate of drug-likeness (QED) is 0.145. The van der Waals surface area contributed by atoms with Gasteiger partial charge in [-0.3, -0.25) is 14.4 Å². The number of nitrogens with two attached hydrogens (primary N) is 2. The van der Waals surface area contributed by atoms with E-state index >= 15 is 0 Å². The molecule has 0 aliphatic rings. The number of hydrogen-bond donors (Lipinski definition) is 7. The number of nitrogens with one attached hydrogen (secondary N) is 3. The second-order valence-electron chi connectivity index (χ2n) is 7.78. The molecule has 34 heavy (non-hydrogen) atoms. The summed E-state index contributed by atoms with van der Waals surface area (Å²) in [4.78, 5) is 48.8. The summed E-state index contributed by atoms with van der Waals surface area (Å²) in [5.41, 5.74) is 12.0. The molecular weight excluding hydrogens is 462 g/mol. The van der Waals surface area contributed by atoms with E-state index in [2.05, 4.69) is 16.0 Å². The molecule has 1 aromatic rings. The van der Waals surface area contributed by atoms with Crippen LogP contribution < -0.4 is 27.4 Å². The van der Waals surface area contributed by atoms with Gasteiger partial charge in [-0.05, 0) is 61.9 Å². The first-order valence-corrected chi connectivity index (χ1v) is 12.4. The van der Waals surface area contributed by atoms with Gasteiger partial charge in [0.05, 0.1) is 12.6 Å². The van der Waals surface area contributed by atoms with Gasteiger partial charge in [0, 0.05) is 6.42 Å². The van der Waals surface area contributed by atoms with Crippen LogP contribution in [0.5, 0.6) is 5.75 Å². The Kier molecular flexibility index (Phi) is 13.7. The number of rotatable bonds is 16. The molecule has 12 heteroatoms. The maximum atomic E-state index is 12.6. The fourth-order valence-electron chi connectivity index (χ4n) is 3.02. The molecule has 0 saturated carbocycles. The number of unbranched alkanes of at least 4 members (excludes halogenated alkanes) is 1. The van der Waals surface area contributed by atoms with Crippen molar-refractivity contribution in [2.75, 3.05) is 25.1 Å². The predicted molar refractivity (Wildman–Crippen MR) is 130 cm³/mol. The molecule has 0 heterocycles. The first-order chi connectivity index (χ1) is 16.2. The molecule has 0 aliphatic heterocycles. The number of benzene rings is 1. The van der Waals surface area contributed by atoms with E-state index in [1.165, 1.54) is 12.1 Å². The van der Waals surface area contributed by atoms with Crippen LogP contribution in [0, 0.1) is 0 Å². The van der Waals surface area contributed by atoms with Crippen molar-refractivity contribution in [3.63, 3.8) is 0 Å². The van der Waals surface area contributed by atoms with Gasteiger partial charge in [-0.15, -0.1) is 0 Å². The van der Waals surface area contributed by atoms with E-state index in [9.17, 15) is 29.4 Å². The molecule has 0 aliphatic carbocycles. The molecular formula is C22H35N5O6S. The van der Waals surface area contributed by atoms with E-state index in [1.807, 2.05) is 6.26 Å². The normalized spacial score (nSPS) is 13.4. The minimum absolute atomic E-state index is 0.000997. The van der Waals surface area contributed by atoms with Gasteiger partial charge in [0.15, 0.2) is 0 Å². The standard InChI is InChI=1S/C22H35N5O6S/c1-34-11-9-16(24)20(30)27-17(4-2-3-10-23)21(31)25-13-19(29)26-18(22(32)33)12-14-5-7-15(28)8-6-14/h5-8,16-18,28H,2-4,9-13,23-24H2,1H3,(H,25,31)(H,26,29)(H,27,30)(H,32,33). The molecule has 0 aromatic heterocycles. The van der Waals surface area contributed by atoms with Gasteiger partial charge < -0.3 is 37.6 Å². The second kappa shape index (κ2) is 15.9. The van der Waals surface area contributed by atoms with Crippen molar-refractivity contribution in [1.82, 2.24) is 16.0 Å². The van der Waals surface area contributed by atoms with E-state index in [-0.39, 0.29) is 12.2 Å². The minimum Gasteiger partial charge on any atom is -0.508 e.